The highest BCUT2D eigenvalue weighted by Gasteiger charge is 2.35. The van der Waals surface area contributed by atoms with Crippen molar-refractivity contribution >= 4 is 70.1 Å². The molecule has 0 unspecified atom stereocenters. The average molecular weight is 428 g/mol. The van der Waals surface area contributed by atoms with Gasteiger partial charge in [-0.2, -0.15) is 0 Å². The lowest BCUT2D eigenvalue weighted by molar-refractivity contribution is -0.139. The van der Waals surface area contributed by atoms with Gasteiger partial charge < -0.3 is 31.9 Å². The van der Waals surface area contributed by atoms with E-state index in [1.54, 1.807) is 0 Å². The van der Waals surface area contributed by atoms with Crippen molar-refractivity contribution < 1.29 is 28.8 Å². The van der Waals surface area contributed by atoms with Crippen LogP contribution in [0.4, 0.5) is 0 Å². The molecular formula is C14H16N6O6S2. The van der Waals surface area contributed by atoms with E-state index in [1.807, 2.05) is 0 Å². The van der Waals surface area contributed by atoms with Crippen LogP contribution in [0.2, 0.25) is 0 Å². The fraction of sp³-hybridized carbons (Fsp3) is 0.429. The van der Waals surface area contributed by atoms with Gasteiger partial charge in [0.2, 0.25) is 35.4 Å². The lowest BCUT2D eigenvalue weighted by Crippen LogP contribution is -2.56. The fourth-order valence-electron chi connectivity index (χ4n) is 2.39. The maximum absolute atomic E-state index is 11.8. The molecule has 0 spiro atoms. The van der Waals surface area contributed by atoms with Crippen LogP contribution in [0.1, 0.15) is 12.8 Å². The minimum atomic E-state index is -1.20. The number of hydrogen-bond acceptors (Lipinski definition) is 8. The van der Waals surface area contributed by atoms with Crippen molar-refractivity contribution in [1.82, 2.24) is 31.9 Å². The molecule has 6 N–H and O–H groups in total. The largest absolute Gasteiger partial charge is 0.354 e. The Hall–Kier alpha value is -3.00. The Balaban J connectivity index is 1.68. The van der Waals surface area contributed by atoms with Crippen molar-refractivity contribution in [2.75, 3.05) is 13.1 Å². The van der Waals surface area contributed by atoms with Gasteiger partial charge in [0.25, 0.3) is 0 Å². The van der Waals surface area contributed by atoms with E-state index in [-0.39, 0.29) is 36.2 Å². The molecule has 0 atom stereocenters. The summed E-state index contributed by atoms with van der Waals surface area (Å²) in [5, 5.41) is 13.6. The van der Waals surface area contributed by atoms with Gasteiger partial charge >= 0.3 is 0 Å². The van der Waals surface area contributed by atoms with Crippen LogP contribution < -0.4 is 31.9 Å². The van der Waals surface area contributed by atoms with Gasteiger partial charge in [0, 0.05) is 25.9 Å². The van der Waals surface area contributed by atoms with E-state index in [2.05, 4.69) is 56.3 Å². The molecule has 2 aliphatic heterocycles. The third-order valence-corrected chi connectivity index (χ3v) is 4.17. The molecule has 0 aliphatic carbocycles. The lowest BCUT2D eigenvalue weighted by Gasteiger charge is -2.22. The number of thiocarbonyl (C=S) groups is 2. The number of carbonyl (C=O) groups excluding carboxylic acids is 6. The monoisotopic (exact) mass is 428 g/mol. The van der Waals surface area contributed by atoms with E-state index >= 15 is 0 Å². The van der Waals surface area contributed by atoms with Gasteiger partial charge in [-0.15, -0.1) is 0 Å². The average Bonchev–Trinajstić information content (AvgIpc) is 2.58. The molecular weight excluding hydrogens is 412 g/mol. The van der Waals surface area contributed by atoms with Crippen molar-refractivity contribution in [2.45, 2.75) is 12.8 Å². The lowest BCUT2D eigenvalue weighted by atomic mass is 10.0. The molecule has 28 heavy (non-hydrogen) atoms. The van der Waals surface area contributed by atoms with Crippen LogP contribution in [0.25, 0.3) is 0 Å². The zero-order valence-corrected chi connectivity index (χ0v) is 15.9. The summed E-state index contributed by atoms with van der Waals surface area (Å²) in [5.41, 5.74) is 0. The van der Waals surface area contributed by atoms with Crippen LogP contribution in [0.15, 0.2) is 0 Å². The Morgan fingerprint density at radius 3 is 1.25 bits per heavy atom. The zero-order valence-electron chi connectivity index (χ0n) is 14.2. The van der Waals surface area contributed by atoms with E-state index in [0.29, 0.717) is 0 Å². The van der Waals surface area contributed by atoms with E-state index < -0.39 is 47.3 Å². The second-order valence-electron chi connectivity index (χ2n) is 5.83. The van der Waals surface area contributed by atoms with Crippen molar-refractivity contribution in [1.29, 1.82) is 0 Å². The van der Waals surface area contributed by atoms with Gasteiger partial charge in [0.15, 0.2) is 10.2 Å². The molecule has 0 aromatic carbocycles. The van der Waals surface area contributed by atoms with E-state index in [1.165, 1.54) is 0 Å². The van der Waals surface area contributed by atoms with E-state index in [9.17, 15) is 28.8 Å². The van der Waals surface area contributed by atoms with Gasteiger partial charge in [-0.1, -0.05) is 0 Å². The molecule has 6 amide bonds. The molecule has 2 aliphatic rings. The quantitative estimate of drug-likeness (QED) is 0.136. The second-order valence-corrected chi connectivity index (χ2v) is 6.65. The number of amides is 6. The van der Waals surface area contributed by atoms with E-state index in [4.69, 9.17) is 0 Å². The fourth-order valence-corrected chi connectivity index (χ4v) is 2.79. The molecule has 14 heteroatoms. The summed E-state index contributed by atoms with van der Waals surface area (Å²) < 4.78 is 0. The second kappa shape index (κ2) is 9.27. The highest BCUT2D eigenvalue weighted by atomic mass is 32.1. The third kappa shape index (κ3) is 5.75. The number of nitrogens with one attached hydrogen (secondary N) is 6. The maximum atomic E-state index is 11.8. The molecule has 2 heterocycles. The van der Waals surface area contributed by atoms with E-state index in [0.717, 1.165) is 0 Å². The smallest absolute Gasteiger partial charge is 0.239 e. The summed E-state index contributed by atoms with van der Waals surface area (Å²) in [4.78, 5) is 70.3. The highest BCUT2D eigenvalue weighted by molar-refractivity contribution is 7.80. The molecule has 0 radical (unpaired) electrons. The first-order valence-electron chi connectivity index (χ1n) is 8.02. The summed E-state index contributed by atoms with van der Waals surface area (Å²) in [6.45, 7) is 0.0399. The Morgan fingerprint density at radius 2 is 0.964 bits per heavy atom. The highest BCUT2D eigenvalue weighted by Crippen LogP contribution is 2.08. The third-order valence-electron chi connectivity index (χ3n) is 3.76. The SMILES string of the molecule is O=C(CC1C(=O)NC(=S)NC1=O)NCCNC(=O)CC1C(=O)NC(=S)NC1=O. The molecule has 12 nitrogen and oxygen atoms in total. The Kier molecular flexibility index (Phi) is 7.06. The minimum Gasteiger partial charge on any atom is -0.354 e. The Bertz CT molecular complexity index is 680. The molecule has 2 saturated heterocycles. The van der Waals surface area contributed by atoms with Crippen molar-refractivity contribution in [3.8, 4) is 0 Å². The van der Waals surface area contributed by atoms with Gasteiger partial charge in [0.1, 0.15) is 11.8 Å². The van der Waals surface area contributed by atoms with Crippen LogP contribution in [0, 0.1) is 11.8 Å². The Labute approximate surface area is 168 Å². The maximum Gasteiger partial charge on any atom is 0.239 e. The molecule has 0 saturated carbocycles. The van der Waals surface area contributed by atoms with Crippen molar-refractivity contribution in [2.24, 2.45) is 11.8 Å². The summed E-state index contributed by atoms with van der Waals surface area (Å²) >= 11 is 9.31. The van der Waals surface area contributed by atoms with Crippen molar-refractivity contribution in [3.05, 3.63) is 0 Å². The first kappa shape index (κ1) is 21.3. The number of carbonyl (C=O) groups is 6. The van der Waals surface area contributed by atoms with Gasteiger partial charge in [-0.3, -0.25) is 28.8 Å². The summed E-state index contributed by atoms with van der Waals surface area (Å²) in [5.74, 6) is -6.21. The molecule has 0 aromatic rings. The number of hydrogen-bond donors (Lipinski definition) is 6. The molecule has 0 aromatic heterocycles. The first-order chi connectivity index (χ1) is 13.2. The predicted octanol–water partition coefficient (Wildman–Crippen LogP) is -3.71. The van der Waals surface area contributed by atoms with Gasteiger partial charge in [0.05, 0.1) is 0 Å². The molecule has 0 bridgehead atoms. The Morgan fingerprint density at radius 1 is 0.679 bits per heavy atom. The molecule has 150 valence electrons. The van der Waals surface area contributed by atoms with Crippen LogP contribution in [0.5, 0.6) is 0 Å². The van der Waals surface area contributed by atoms with Gasteiger partial charge in [-0.05, 0) is 24.4 Å². The van der Waals surface area contributed by atoms with Crippen LogP contribution >= 0.6 is 24.4 Å². The summed E-state index contributed by atoms with van der Waals surface area (Å²) in [6, 6.07) is 0. The van der Waals surface area contributed by atoms with Crippen LogP contribution in [0.3, 0.4) is 0 Å². The predicted molar refractivity (Wildman–Crippen MR) is 100 cm³/mol. The first-order valence-corrected chi connectivity index (χ1v) is 8.83. The molecule has 2 rings (SSSR count). The van der Waals surface area contributed by atoms with Crippen LogP contribution in [-0.2, 0) is 28.8 Å². The molecule has 2 fully saturated rings. The van der Waals surface area contributed by atoms with Crippen molar-refractivity contribution in [3.63, 3.8) is 0 Å². The van der Waals surface area contributed by atoms with Gasteiger partial charge in [-0.25, -0.2) is 0 Å². The summed E-state index contributed by atoms with van der Waals surface area (Å²) in [7, 11) is 0. The standard InChI is InChI=1S/C14H16N6O6S2/c21-7(3-5-9(23)17-13(27)18-10(5)24)15-1-2-16-8(22)4-6-11(25)19-14(28)20-12(6)26/h5-6H,1-4H2,(H,15,21)(H,16,22)(H2,17,18,23,24,27)(H2,19,20,25,26,28). The summed E-state index contributed by atoms with van der Waals surface area (Å²) in [6.07, 6.45) is -0.757. The van der Waals surface area contributed by atoms with Crippen LogP contribution in [-0.4, -0.2) is 58.8 Å². The minimum absolute atomic E-state index is 0.0199. The zero-order chi connectivity index (χ0) is 20.8. The normalized spacial score (nSPS) is 18.0. The topological polar surface area (TPSA) is 175 Å². The number of rotatable bonds is 7.